The lowest BCUT2D eigenvalue weighted by molar-refractivity contribution is -0.385. The van der Waals surface area contributed by atoms with E-state index in [1.165, 1.54) is 6.07 Å². The van der Waals surface area contributed by atoms with Crippen LogP contribution >= 0.6 is 0 Å². The smallest absolute Gasteiger partial charge is 0.310 e. The molecular weight excluding hydrogens is 262 g/mol. The Hall–Kier alpha value is -2.15. The quantitative estimate of drug-likeness (QED) is 0.552. The lowest BCUT2D eigenvalue weighted by Gasteiger charge is -2.29. The second-order valence-corrected chi connectivity index (χ2v) is 5.31. The molecule has 20 heavy (non-hydrogen) atoms. The Labute approximate surface area is 115 Å². The molecule has 1 aromatic carbocycles. The van der Waals surface area contributed by atoms with Crippen molar-refractivity contribution < 1.29 is 14.8 Å². The van der Waals surface area contributed by atoms with Crippen molar-refractivity contribution in [1.82, 2.24) is 5.32 Å². The maximum absolute atomic E-state index is 12.1. The van der Waals surface area contributed by atoms with Crippen LogP contribution in [0.1, 0.15) is 30.1 Å². The first-order chi connectivity index (χ1) is 9.37. The van der Waals surface area contributed by atoms with Gasteiger partial charge in [0.25, 0.3) is 5.91 Å². The summed E-state index contributed by atoms with van der Waals surface area (Å²) in [5.74, 6) is -0.554. The molecule has 2 rings (SSSR count). The number of benzene rings is 1. The van der Waals surface area contributed by atoms with Crippen molar-refractivity contribution in [1.29, 1.82) is 0 Å². The van der Waals surface area contributed by atoms with E-state index in [-0.39, 0.29) is 5.56 Å². The predicted molar refractivity (Wildman–Crippen MR) is 72.4 cm³/mol. The molecule has 7 heteroatoms. The molecule has 1 aliphatic carbocycles. The van der Waals surface area contributed by atoms with Crippen molar-refractivity contribution >= 4 is 11.6 Å². The second kappa shape index (κ2) is 5.09. The number of hydrogen-bond donors (Lipinski definition) is 3. The third-order valence-corrected chi connectivity index (χ3v) is 3.74. The molecular formula is C13H17N3O4. The van der Waals surface area contributed by atoms with Gasteiger partial charge in [-0.15, -0.1) is 0 Å². The molecule has 0 saturated heterocycles. The van der Waals surface area contributed by atoms with Crippen LogP contribution in [0, 0.1) is 16.0 Å². The number of phenols is 1. The summed E-state index contributed by atoms with van der Waals surface area (Å²) in [5.41, 5.74) is 4.99. The molecule has 0 heterocycles. The molecule has 0 radical (unpaired) electrons. The molecule has 1 aliphatic rings. The Morgan fingerprint density at radius 3 is 2.70 bits per heavy atom. The van der Waals surface area contributed by atoms with Crippen LogP contribution in [0.4, 0.5) is 5.69 Å². The van der Waals surface area contributed by atoms with E-state index in [9.17, 15) is 20.0 Å². The van der Waals surface area contributed by atoms with Gasteiger partial charge in [-0.3, -0.25) is 14.9 Å². The average molecular weight is 279 g/mol. The summed E-state index contributed by atoms with van der Waals surface area (Å²) in [4.78, 5) is 22.0. The summed E-state index contributed by atoms with van der Waals surface area (Å²) < 4.78 is 0. The van der Waals surface area contributed by atoms with Crippen molar-refractivity contribution in [3.8, 4) is 5.75 Å². The first-order valence-electron chi connectivity index (χ1n) is 6.37. The van der Waals surface area contributed by atoms with E-state index in [4.69, 9.17) is 5.73 Å². The fourth-order valence-corrected chi connectivity index (χ4v) is 2.19. The molecule has 108 valence electrons. The summed E-state index contributed by atoms with van der Waals surface area (Å²) in [6.07, 6.45) is 2.05. The molecule has 1 fully saturated rings. The zero-order valence-corrected chi connectivity index (χ0v) is 11.1. The number of carbonyl (C=O) groups is 1. The SMILES string of the molecule is CC(CN)(NC(=O)c1ccc([N+](=O)[O-])c(O)c1)C1CC1. The topological polar surface area (TPSA) is 118 Å². The highest BCUT2D eigenvalue weighted by Gasteiger charge is 2.41. The fraction of sp³-hybridized carbons (Fsp3) is 0.462. The summed E-state index contributed by atoms with van der Waals surface area (Å²) in [6.45, 7) is 2.20. The van der Waals surface area contributed by atoms with Crippen LogP contribution < -0.4 is 11.1 Å². The number of aromatic hydroxyl groups is 1. The highest BCUT2D eigenvalue weighted by atomic mass is 16.6. The van der Waals surface area contributed by atoms with Crippen LogP contribution in [0.25, 0.3) is 0 Å². The molecule has 0 spiro atoms. The van der Waals surface area contributed by atoms with E-state index in [0.29, 0.717) is 12.5 Å². The van der Waals surface area contributed by atoms with Crippen LogP contribution in [-0.4, -0.2) is 28.0 Å². The van der Waals surface area contributed by atoms with Gasteiger partial charge in [0.15, 0.2) is 5.75 Å². The van der Waals surface area contributed by atoms with E-state index >= 15 is 0 Å². The van der Waals surface area contributed by atoms with Gasteiger partial charge in [-0.25, -0.2) is 0 Å². The fourth-order valence-electron chi connectivity index (χ4n) is 2.19. The standard InChI is InChI=1S/C13H17N3O4/c1-13(7-14,9-3-4-9)15-12(18)8-2-5-10(16(19)20)11(17)6-8/h2,5-6,9,17H,3-4,7,14H2,1H3,(H,15,18). The highest BCUT2D eigenvalue weighted by Crippen LogP contribution is 2.39. The maximum atomic E-state index is 12.1. The zero-order chi connectivity index (χ0) is 14.9. The van der Waals surface area contributed by atoms with Gasteiger partial charge in [0.05, 0.1) is 10.5 Å². The molecule has 1 atom stereocenters. The summed E-state index contributed by atoms with van der Waals surface area (Å²) in [6, 6.07) is 3.52. The normalized spacial score (nSPS) is 17.3. The zero-order valence-electron chi connectivity index (χ0n) is 11.1. The number of nitrogens with one attached hydrogen (secondary N) is 1. The van der Waals surface area contributed by atoms with E-state index in [1.54, 1.807) is 0 Å². The van der Waals surface area contributed by atoms with Crippen molar-refractivity contribution in [2.24, 2.45) is 11.7 Å². The van der Waals surface area contributed by atoms with Gasteiger partial charge in [-0.05, 0) is 37.8 Å². The van der Waals surface area contributed by atoms with Gasteiger partial charge in [-0.1, -0.05) is 0 Å². The Balaban J connectivity index is 2.17. The number of nitrogens with zero attached hydrogens (tertiary/aromatic N) is 1. The van der Waals surface area contributed by atoms with Crippen molar-refractivity contribution in [3.63, 3.8) is 0 Å². The molecule has 1 amide bonds. The Morgan fingerprint density at radius 2 is 2.25 bits per heavy atom. The minimum Gasteiger partial charge on any atom is -0.502 e. The van der Waals surface area contributed by atoms with Crippen LogP contribution in [0.2, 0.25) is 0 Å². The van der Waals surface area contributed by atoms with Gasteiger partial charge in [-0.2, -0.15) is 0 Å². The third kappa shape index (κ3) is 2.72. The summed E-state index contributed by atoms with van der Waals surface area (Å²) in [5, 5.41) is 23.0. The van der Waals surface area contributed by atoms with E-state index in [0.717, 1.165) is 25.0 Å². The van der Waals surface area contributed by atoms with Crippen molar-refractivity contribution in [2.75, 3.05) is 6.54 Å². The lowest BCUT2D eigenvalue weighted by Crippen LogP contribution is -2.53. The molecule has 0 aromatic heterocycles. The monoisotopic (exact) mass is 279 g/mol. The van der Waals surface area contributed by atoms with Gasteiger partial charge in [0.1, 0.15) is 0 Å². The van der Waals surface area contributed by atoms with E-state index < -0.39 is 27.8 Å². The number of hydrogen-bond acceptors (Lipinski definition) is 5. The maximum Gasteiger partial charge on any atom is 0.310 e. The molecule has 4 N–H and O–H groups in total. The molecule has 1 saturated carbocycles. The van der Waals surface area contributed by atoms with Crippen LogP contribution in [0.15, 0.2) is 18.2 Å². The van der Waals surface area contributed by atoms with E-state index in [2.05, 4.69) is 5.32 Å². The Kier molecular flexibility index (Phi) is 3.63. The number of nitro benzene ring substituents is 1. The third-order valence-electron chi connectivity index (χ3n) is 3.74. The number of nitro groups is 1. The van der Waals surface area contributed by atoms with Gasteiger partial charge in [0, 0.05) is 18.2 Å². The largest absolute Gasteiger partial charge is 0.502 e. The average Bonchev–Trinajstić information content (AvgIpc) is 3.22. The number of rotatable bonds is 5. The first-order valence-corrected chi connectivity index (χ1v) is 6.37. The first kappa shape index (κ1) is 14.3. The number of nitrogens with two attached hydrogens (primary N) is 1. The second-order valence-electron chi connectivity index (χ2n) is 5.31. The number of phenolic OH excluding ortho intramolecular Hbond substituents is 1. The molecule has 1 unspecified atom stereocenters. The number of amides is 1. The van der Waals surface area contributed by atoms with Crippen molar-refractivity contribution in [3.05, 3.63) is 33.9 Å². The molecule has 0 aliphatic heterocycles. The van der Waals surface area contributed by atoms with Gasteiger partial charge in [0.2, 0.25) is 0 Å². The Morgan fingerprint density at radius 1 is 1.60 bits per heavy atom. The van der Waals surface area contributed by atoms with Gasteiger partial charge < -0.3 is 16.2 Å². The predicted octanol–water partition coefficient (Wildman–Crippen LogP) is 1.16. The lowest BCUT2D eigenvalue weighted by atomic mass is 9.95. The minimum atomic E-state index is -0.703. The van der Waals surface area contributed by atoms with Gasteiger partial charge >= 0.3 is 5.69 Å². The number of carbonyl (C=O) groups excluding carboxylic acids is 1. The molecule has 0 bridgehead atoms. The minimum absolute atomic E-state index is 0.174. The van der Waals surface area contributed by atoms with Crippen LogP contribution in [0.5, 0.6) is 5.75 Å². The molecule has 7 nitrogen and oxygen atoms in total. The summed E-state index contributed by atoms with van der Waals surface area (Å²) >= 11 is 0. The summed E-state index contributed by atoms with van der Waals surface area (Å²) in [7, 11) is 0. The van der Waals surface area contributed by atoms with Crippen LogP contribution in [-0.2, 0) is 0 Å². The Bertz CT molecular complexity index is 557. The van der Waals surface area contributed by atoms with Crippen molar-refractivity contribution in [2.45, 2.75) is 25.3 Å². The van der Waals surface area contributed by atoms with E-state index in [1.807, 2.05) is 6.92 Å². The highest BCUT2D eigenvalue weighted by molar-refractivity contribution is 5.95. The molecule has 1 aromatic rings. The van der Waals surface area contributed by atoms with Crippen LogP contribution in [0.3, 0.4) is 0 Å².